The molecule has 22 heavy (non-hydrogen) atoms. The second-order valence-corrected chi connectivity index (χ2v) is 7.63. The molecular weight excluding hydrogens is 323 g/mol. The lowest BCUT2D eigenvalue weighted by Gasteiger charge is -2.17. The van der Waals surface area contributed by atoms with Crippen molar-refractivity contribution in [2.24, 2.45) is 0 Å². The molecule has 0 bridgehead atoms. The Kier molecular flexibility index (Phi) is 4.24. The summed E-state index contributed by atoms with van der Waals surface area (Å²) < 4.78 is 61.5. The molecule has 1 aromatic rings. The summed E-state index contributed by atoms with van der Waals surface area (Å²) >= 11 is 0. The third-order valence-electron chi connectivity index (χ3n) is 3.54. The number of carbonyl (C=O) groups excluding carboxylic acids is 1. The minimum atomic E-state index is -4.58. The molecule has 0 unspecified atom stereocenters. The predicted molar refractivity (Wildman–Crippen MR) is 71.9 cm³/mol. The summed E-state index contributed by atoms with van der Waals surface area (Å²) in [7, 11) is -3.14. The average molecular weight is 339 g/mol. The Morgan fingerprint density at radius 3 is 2.59 bits per heavy atom. The van der Waals surface area contributed by atoms with Gasteiger partial charge in [-0.15, -0.1) is 0 Å². The highest BCUT2D eigenvalue weighted by atomic mass is 32.2. The van der Waals surface area contributed by atoms with Crippen LogP contribution in [0.1, 0.15) is 30.8 Å². The van der Waals surface area contributed by atoms with Gasteiger partial charge in [-0.2, -0.15) is 18.3 Å². The topological polar surface area (TPSA) is 81.1 Å². The minimum Gasteiger partial charge on any atom is -0.350 e. The number of halogens is 3. The van der Waals surface area contributed by atoms with E-state index < -0.39 is 39.7 Å². The molecule has 6 nitrogen and oxygen atoms in total. The summed E-state index contributed by atoms with van der Waals surface area (Å²) in [5, 5.41) is 5.97. The van der Waals surface area contributed by atoms with Gasteiger partial charge in [0.2, 0.25) is 5.91 Å². The Morgan fingerprint density at radius 2 is 2.14 bits per heavy atom. The summed E-state index contributed by atoms with van der Waals surface area (Å²) in [5.74, 6) is -0.690. The zero-order chi connectivity index (χ0) is 16.7. The molecular formula is C12H16F3N3O3S. The van der Waals surface area contributed by atoms with Crippen molar-refractivity contribution in [1.82, 2.24) is 15.1 Å². The largest absolute Gasteiger partial charge is 0.435 e. The highest BCUT2D eigenvalue weighted by Gasteiger charge is 2.36. The van der Waals surface area contributed by atoms with E-state index in [1.165, 1.54) is 13.8 Å². The molecule has 0 aromatic carbocycles. The molecule has 0 saturated carbocycles. The minimum absolute atomic E-state index is 0.00530. The Bertz CT molecular complexity index is 682. The monoisotopic (exact) mass is 339 g/mol. The second-order valence-electron chi connectivity index (χ2n) is 5.40. The Balaban J connectivity index is 2.10. The van der Waals surface area contributed by atoms with Crippen molar-refractivity contribution in [3.63, 3.8) is 0 Å². The molecule has 1 aliphatic rings. The van der Waals surface area contributed by atoms with Gasteiger partial charge in [0.05, 0.1) is 11.5 Å². The lowest BCUT2D eigenvalue weighted by Crippen LogP contribution is -2.40. The van der Waals surface area contributed by atoms with Crippen molar-refractivity contribution in [2.45, 2.75) is 38.5 Å². The quantitative estimate of drug-likeness (QED) is 0.893. The third kappa shape index (κ3) is 3.60. The number of aromatic nitrogens is 2. The summed E-state index contributed by atoms with van der Waals surface area (Å²) in [6.45, 7) is 2.84. The summed E-state index contributed by atoms with van der Waals surface area (Å²) in [6.07, 6.45) is -4.27. The van der Waals surface area contributed by atoms with E-state index in [4.69, 9.17) is 0 Å². The average Bonchev–Trinajstić information content (AvgIpc) is 2.91. The zero-order valence-electron chi connectivity index (χ0n) is 12.0. The molecule has 1 N–H and O–H groups in total. The van der Waals surface area contributed by atoms with Crippen LogP contribution in [0.4, 0.5) is 13.2 Å². The molecule has 2 atom stereocenters. The van der Waals surface area contributed by atoms with Gasteiger partial charge in [0.15, 0.2) is 15.5 Å². The standard InChI is InChI=1S/C12H16F3N3O3S/c1-7-5-10(12(13,14)15)17-18(7)8(2)11(19)16-9-3-4-22(20,21)6-9/h5,8-9H,3-4,6H2,1-2H3,(H,16,19)/t8-,9+/m0/s1. The number of carbonyl (C=O) groups is 1. The highest BCUT2D eigenvalue weighted by molar-refractivity contribution is 7.91. The number of aryl methyl sites for hydroxylation is 1. The van der Waals surface area contributed by atoms with E-state index in [0.29, 0.717) is 6.42 Å². The van der Waals surface area contributed by atoms with Crippen LogP contribution in [-0.4, -0.2) is 41.7 Å². The number of hydrogen-bond donors (Lipinski definition) is 1. The van der Waals surface area contributed by atoms with Crippen LogP contribution in [0.5, 0.6) is 0 Å². The number of alkyl halides is 3. The van der Waals surface area contributed by atoms with E-state index in [9.17, 15) is 26.4 Å². The van der Waals surface area contributed by atoms with Crippen molar-refractivity contribution in [3.05, 3.63) is 17.5 Å². The van der Waals surface area contributed by atoms with Gasteiger partial charge >= 0.3 is 6.18 Å². The van der Waals surface area contributed by atoms with Crippen LogP contribution in [0, 0.1) is 6.92 Å². The van der Waals surface area contributed by atoms with Crippen LogP contribution < -0.4 is 5.32 Å². The summed E-state index contributed by atoms with van der Waals surface area (Å²) in [6, 6.07) is -0.596. The molecule has 1 fully saturated rings. The van der Waals surface area contributed by atoms with E-state index >= 15 is 0 Å². The first-order chi connectivity index (χ1) is 9.99. The van der Waals surface area contributed by atoms with Gasteiger partial charge in [0.25, 0.3) is 0 Å². The molecule has 0 aliphatic carbocycles. The van der Waals surface area contributed by atoms with Crippen LogP contribution in [0.3, 0.4) is 0 Å². The van der Waals surface area contributed by atoms with E-state index in [0.717, 1.165) is 10.7 Å². The molecule has 0 radical (unpaired) electrons. The number of hydrogen-bond acceptors (Lipinski definition) is 4. The number of rotatable bonds is 3. The fourth-order valence-electron chi connectivity index (χ4n) is 2.36. The molecule has 124 valence electrons. The van der Waals surface area contributed by atoms with Crippen molar-refractivity contribution in [2.75, 3.05) is 11.5 Å². The van der Waals surface area contributed by atoms with Crippen LogP contribution >= 0.6 is 0 Å². The van der Waals surface area contributed by atoms with Crippen LogP contribution in [-0.2, 0) is 20.8 Å². The molecule has 2 rings (SSSR count). The number of sulfone groups is 1. The van der Waals surface area contributed by atoms with Crippen LogP contribution in [0.15, 0.2) is 6.07 Å². The molecule has 1 aromatic heterocycles. The summed E-state index contributed by atoms with van der Waals surface area (Å²) in [4.78, 5) is 12.1. The zero-order valence-corrected chi connectivity index (χ0v) is 12.8. The van der Waals surface area contributed by atoms with E-state index in [1.807, 2.05) is 0 Å². The lowest BCUT2D eigenvalue weighted by atomic mass is 10.2. The van der Waals surface area contributed by atoms with Gasteiger partial charge in [0, 0.05) is 11.7 Å². The first-order valence-corrected chi connectivity index (χ1v) is 8.46. The van der Waals surface area contributed by atoms with E-state index in [2.05, 4.69) is 10.4 Å². The van der Waals surface area contributed by atoms with Crippen LogP contribution in [0.2, 0.25) is 0 Å². The van der Waals surface area contributed by atoms with Gasteiger partial charge < -0.3 is 5.32 Å². The van der Waals surface area contributed by atoms with Crippen molar-refractivity contribution in [1.29, 1.82) is 0 Å². The van der Waals surface area contributed by atoms with Gasteiger partial charge in [-0.1, -0.05) is 0 Å². The van der Waals surface area contributed by atoms with E-state index in [-0.39, 0.29) is 17.2 Å². The van der Waals surface area contributed by atoms with Crippen LogP contribution in [0.25, 0.3) is 0 Å². The first-order valence-electron chi connectivity index (χ1n) is 6.64. The fraction of sp³-hybridized carbons (Fsp3) is 0.667. The maximum Gasteiger partial charge on any atom is 0.435 e. The Morgan fingerprint density at radius 1 is 1.50 bits per heavy atom. The van der Waals surface area contributed by atoms with Crippen molar-refractivity contribution < 1.29 is 26.4 Å². The van der Waals surface area contributed by atoms with Gasteiger partial charge in [-0.3, -0.25) is 9.48 Å². The molecule has 2 heterocycles. The number of nitrogens with one attached hydrogen (secondary N) is 1. The maximum absolute atomic E-state index is 12.6. The Labute approximate surface area is 125 Å². The smallest absolute Gasteiger partial charge is 0.350 e. The fourth-order valence-corrected chi connectivity index (χ4v) is 4.03. The first kappa shape index (κ1) is 16.8. The summed E-state index contributed by atoms with van der Waals surface area (Å²) in [5.41, 5.74) is -0.859. The highest BCUT2D eigenvalue weighted by Crippen LogP contribution is 2.29. The van der Waals surface area contributed by atoms with Gasteiger partial charge in [0.1, 0.15) is 6.04 Å². The lowest BCUT2D eigenvalue weighted by molar-refractivity contribution is -0.142. The van der Waals surface area contributed by atoms with Crippen molar-refractivity contribution in [3.8, 4) is 0 Å². The van der Waals surface area contributed by atoms with E-state index in [1.54, 1.807) is 0 Å². The Hall–Kier alpha value is -1.58. The predicted octanol–water partition coefficient (Wildman–Crippen LogP) is 1.07. The van der Waals surface area contributed by atoms with Crippen molar-refractivity contribution >= 4 is 15.7 Å². The number of nitrogens with zero attached hydrogens (tertiary/aromatic N) is 2. The SMILES string of the molecule is Cc1cc(C(F)(F)F)nn1[C@@H](C)C(=O)N[C@@H]1CCS(=O)(=O)C1. The molecule has 0 spiro atoms. The molecule has 1 amide bonds. The second kappa shape index (κ2) is 5.56. The molecule has 10 heteroatoms. The van der Waals surface area contributed by atoms with Gasteiger partial charge in [-0.25, -0.2) is 8.42 Å². The molecule has 1 saturated heterocycles. The third-order valence-corrected chi connectivity index (χ3v) is 5.31. The maximum atomic E-state index is 12.6. The van der Waals surface area contributed by atoms with Gasteiger partial charge in [-0.05, 0) is 26.3 Å². The normalized spacial score (nSPS) is 22.5. The molecule has 1 aliphatic heterocycles. The number of amides is 1.